The highest BCUT2D eigenvalue weighted by molar-refractivity contribution is 8.22. The molecule has 76 valence electrons. The first-order valence-corrected chi connectivity index (χ1v) is 7.27. The monoisotopic (exact) mass is 225 g/mol. The number of hydrogen-bond acceptors (Lipinski definition) is 3. The van der Waals surface area contributed by atoms with Crippen molar-refractivity contribution in [1.29, 1.82) is 5.26 Å². The quantitative estimate of drug-likeness (QED) is 0.627. The molecule has 2 rings (SSSR count). The van der Waals surface area contributed by atoms with Gasteiger partial charge in [-0.3, -0.25) is 0 Å². The molecule has 1 aliphatic heterocycles. The molecular formula is C11H15NS2. The Labute approximate surface area is 94.3 Å². The number of hydrogen-bond donors (Lipinski definition) is 0. The summed E-state index contributed by atoms with van der Waals surface area (Å²) >= 11 is 3.96. The molecular weight excluding hydrogens is 210 g/mol. The van der Waals surface area contributed by atoms with Gasteiger partial charge in [0.05, 0.1) is 12.0 Å². The van der Waals surface area contributed by atoms with Crippen LogP contribution in [0.4, 0.5) is 0 Å². The maximum absolute atomic E-state index is 9.09. The number of nitrogens with zero attached hydrogens (tertiary/aromatic N) is 1. The molecule has 3 heteroatoms. The minimum Gasteiger partial charge on any atom is -0.198 e. The summed E-state index contributed by atoms with van der Waals surface area (Å²) in [4.78, 5) is 0. The van der Waals surface area contributed by atoms with Crippen molar-refractivity contribution in [2.24, 2.45) is 5.92 Å². The van der Waals surface area contributed by atoms with Gasteiger partial charge < -0.3 is 0 Å². The van der Waals surface area contributed by atoms with E-state index in [1.165, 1.54) is 47.0 Å². The minimum absolute atomic E-state index is 0.233. The molecule has 0 amide bonds. The van der Waals surface area contributed by atoms with Gasteiger partial charge >= 0.3 is 0 Å². The lowest BCUT2D eigenvalue weighted by atomic mass is 9.86. The Bertz CT molecular complexity index is 270. The van der Waals surface area contributed by atoms with Gasteiger partial charge in [-0.1, -0.05) is 6.42 Å². The molecule has 1 saturated heterocycles. The largest absolute Gasteiger partial charge is 0.198 e. The molecule has 0 N–H and O–H groups in total. The van der Waals surface area contributed by atoms with Crippen LogP contribution in [0.1, 0.15) is 32.1 Å². The van der Waals surface area contributed by atoms with E-state index in [9.17, 15) is 0 Å². The number of nitriles is 1. The van der Waals surface area contributed by atoms with Crippen molar-refractivity contribution in [2.45, 2.75) is 32.1 Å². The summed E-state index contributed by atoms with van der Waals surface area (Å²) in [5.41, 5.74) is 1.47. The third-order valence-electron chi connectivity index (χ3n) is 2.78. The van der Waals surface area contributed by atoms with Gasteiger partial charge in [-0.2, -0.15) is 5.26 Å². The molecule has 0 aromatic rings. The smallest absolute Gasteiger partial charge is 0.0701 e. The van der Waals surface area contributed by atoms with Crippen molar-refractivity contribution >= 4 is 23.5 Å². The topological polar surface area (TPSA) is 23.8 Å². The van der Waals surface area contributed by atoms with E-state index in [4.69, 9.17) is 5.26 Å². The summed E-state index contributed by atoms with van der Waals surface area (Å²) in [6.07, 6.45) is 6.12. The highest BCUT2D eigenvalue weighted by Crippen LogP contribution is 2.43. The zero-order chi connectivity index (χ0) is 9.80. The van der Waals surface area contributed by atoms with E-state index in [0.717, 1.165) is 6.42 Å². The molecule has 1 aliphatic carbocycles. The van der Waals surface area contributed by atoms with Crippen LogP contribution < -0.4 is 0 Å². The molecule has 1 heterocycles. The lowest BCUT2D eigenvalue weighted by molar-refractivity contribution is 0.527. The Morgan fingerprint density at radius 1 is 1.14 bits per heavy atom. The summed E-state index contributed by atoms with van der Waals surface area (Å²) in [6.45, 7) is 0. The van der Waals surface area contributed by atoms with Gasteiger partial charge in [0.25, 0.3) is 0 Å². The summed E-state index contributed by atoms with van der Waals surface area (Å²) in [6, 6.07) is 2.47. The van der Waals surface area contributed by atoms with Crippen molar-refractivity contribution in [3.63, 3.8) is 0 Å². The van der Waals surface area contributed by atoms with Gasteiger partial charge in [0.1, 0.15) is 0 Å². The maximum Gasteiger partial charge on any atom is 0.0701 e. The van der Waals surface area contributed by atoms with Crippen molar-refractivity contribution < 1.29 is 0 Å². The highest BCUT2D eigenvalue weighted by Gasteiger charge is 2.23. The second-order valence-electron chi connectivity index (χ2n) is 3.79. The zero-order valence-electron chi connectivity index (χ0n) is 8.29. The van der Waals surface area contributed by atoms with Crippen LogP contribution >= 0.6 is 23.5 Å². The van der Waals surface area contributed by atoms with E-state index in [1.54, 1.807) is 0 Å². The Kier molecular flexibility index (Phi) is 3.83. The van der Waals surface area contributed by atoms with Crippen LogP contribution in [0.5, 0.6) is 0 Å². The average molecular weight is 225 g/mol. The van der Waals surface area contributed by atoms with E-state index in [2.05, 4.69) is 6.07 Å². The minimum atomic E-state index is 0.233. The third-order valence-corrected chi connectivity index (χ3v) is 5.52. The van der Waals surface area contributed by atoms with E-state index in [-0.39, 0.29) is 5.92 Å². The molecule has 0 aromatic heterocycles. The predicted octanol–water partition coefficient (Wildman–Crippen LogP) is 3.78. The fourth-order valence-corrected chi connectivity index (χ4v) is 4.84. The summed E-state index contributed by atoms with van der Waals surface area (Å²) in [7, 11) is 0. The van der Waals surface area contributed by atoms with Gasteiger partial charge in [-0.15, -0.1) is 23.5 Å². The van der Waals surface area contributed by atoms with Crippen molar-refractivity contribution in [1.82, 2.24) is 0 Å². The number of thioether (sulfide) groups is 2. The molecule has 1 nitrogen and oxygen atoms in total. The first-order valence-electron chi connectivity index (χ1n) is 5.30. The standard InChI is InChI=1S/C11H15NS2/c12-8-9-4-1-2-5-10(9)11-13-6-3-7-14-11/h9H,1-7H2. The van der Waals surface area contributed by atoms with Crippen LogP contribution in [-0.4, -0.2) is 11.5 Å². The summed E-state index contributed by atoms with van der Waals surface area (Å²) in [5.74, 6) is 2.74. The molecule has 2 aliphatic rings. The second kappa shape index (κ2) is 5.14. The molecule has 1 atom stereocenters. The van der Waals surface area contributed by atoms with E-state index >= 15 is 0 Å². The lowest BCUT2D eigenvalue weighted by Gasteiger charge is -2.24. The van der Waals surface area contributed by atoms with E-state index < -0.39 is 0 Å². The summed E-state index contributed by atoms with van der Waals surface area (Å²) in [5, 5.41) is 9.09. The van der Waals surface area contributed by atoms with Crippen LogP contribution in [0.2, 0.25) is 0 Å². The average Bonchev–Trinajstić information content (AvgIpc) is 2.30. The van der Waals surface area contributed by atoms with Gasteiger partial charge in [0, 0.05) is 4.24 Å². The Balaban J connectivity index is 2.15. The molecule has 0 radical (unpaired) electrons. The van der Waals surface area contributed by atoms with Crippen LogP contribution in [-0.2, 0) is 0 Å². The molecule has 1 unspecified atom stereocenters. The predicted molar refractivity (Wildman–Crippen MR) is 64.1 cm³/mol. The Morgan fingerprint density at radius 2 is 1.93 bits per heavy atom. The van der Waals surface area contributed by atoms with Crippen LogP contribution in [0.25, 0.3) is 0 Å². The molecule has 0 aromatic carbocycles. The fourth-order valence-electron chi connectivity index (χ4n) is 2.01. The highest BCUT2D eigenvalue weighted by atomic mass is 32.2. The summed E-state index contributed by atoms with van der Waals surface area (Å²) < 4.78 is 1.49. The Hall–Kier alpha value is -0.0700. The first kappa shape index (κ1) is 10.4. The van der Waals surface area contributed by atoms with Crippen LogP contribution in [0.3, 0.4) is 0 Å². The zero-order valence-corrected chi connectivity index (χ0v) is 9.92. The fraction of sp³-hybridized carbons (Fsp3) is 0.727. The molecule has 0 spiro atoms. The van der Waals surface area contributed by atoms with Crippen molar-refractivity contribution in [3.05, 3.63) is 9.81 Å². The van der Waals surface area contributed by atoms with Gasteiger partial charge in [-0.05, 0) is 42.8 Å². The van der Waals surface area contributed by atoms with Gasteiger partial charge in [-0.25, -0.2) is 0 Å². The van der Waals surface area contributed by atoms with Gasteiger partial charge in [0.15, 0.2) is 0 Å². The number of allylic oxidation sites excluding steroid dienone is 1. The molecule has 0 bridgehead atoms. The SMILES string of the molecule is N#CC1CCCCC1=C1SCCCS1. The maximum atomic E-state index is 9.09. The number of rotatable bonds is 0. The Morgan fingerprint density at radius 3 is 2.64 bits per heavy atom. The molecule has 1 saturated carbocycles. The van der Waals surface area contributed by atoms with E-state index in [1.807, 2.05) is 23.5 Å². The van der Waals surface area contributed by atoms with E-state index in [0.29, 0.717) is 0 Å². The van der Waals surface area contributed by atoms with Crippen LogP contribution in [0.15, 0.2) is 9.81 Å². The van der Waals surface area contributed by atoms with Gasteiger partial charge in [0.2, 0.25) is 0 Å². The molecule has 14 heavy (non-hydrogen) atoms. The molecule has 2 fully saturated rings. The third kappa shape index (κ3) is 2.29. The van der Waals surface area contributed by atoms with Crippen molar-refractivity contribution in [3.8, 4) is 6.07 Å². The second-order valence-corrected chi connectivity index (χ2v) is 6.26. The van der Waals surface area contributed by atoms with Crippen LogP contribution in [0, 0.1) is 17.2 Å². The lowest BCUT2D eigenvalue weighted by Crippen LogP contribution is -2.10. The normalized spacial score (nSPS) is 28.6. The van der Waals surface area contributed by atoms with Crippen molar-refractivity contribution in [2.75, 3.05) is 11.5 Å². The first-order chi connectivity index (χ1) is 6.92.